The molecule has 0 aliphatic heterocycles. The van der Waals surface area contributed by atoms with Crippen molar-refractivity contribution in [3.8, 4) is 0 Å². The zero-order chi connectivity index (χ0) is 36.5. The van der Waals surface area contributed by atoms with E-state index in [2.05, 4.69) is 180 Å². The Labute approximate surface area is 314 Å². The first-order valence-electron chi connectivity index (χ1n) is 19.1. The molecule has 8 rings (SSSR count). The van der Waals surface area contributed by atoms with Crippen molar-refractivity contribution >= 4 is 39.2 Å². The maximum absolute atomic E-state index is 6.78. The summed E-state index contributed by atoms with van der Waals surface area (Å²) in [5.41, 5.74) is 14.0. The maximum Gasteiger partial charge on any atom is 0.142 e. The van der Waals surface area contributed by atoms with Crippen LogP contribution in [0.15, 0.2) is 179 Å². The van der Waals surface area contributed by atoms with Crippen LogP contribution in [0.2, 0.25) is 0 Å². The molecule has 0 fully saturated rings. The fourth-order valence-corrected chi connectivity index (χ4v) is 8.53. The van der Waals surface area contributed by atoms with Crippen molar-refractivity contribution in [3.63, 3.8) is 0 Å². The van der Waals surface area contributed by atoms with E-state index in [4.69, 9.17) is 4.42 Å². The molecule has 1 nitrogen and oxygen atoms in total. The molecule has 4 aromatic carbocycles. The first-order valence-corrected chi connectivity index (χ1v) is 19.1. The van der Waals surface area contributed by atoms with E-state index >= 15 is 0 Å². The monoisotopic (exact) mass is 688 g/mol. The molecule has 0 amide bonds. The van der Waals surface area contributed by atoms with Crippen LogP contribution in [-0.4, -0.2) is 0 Å². The summed E-state index contributed by atoms with van der Waals surface area (Å²) in [4.78, 5) is 0. The first kappa shape index (κ1) is 34.4. The number of benzene rings is 4. The molecule has 53 heavy (non-hydrogen) atoms. The van der Waals surface area contributed by atoms with Gasteiger partial charge in [-0.25, -0.2) is 0 Å². The average Bonchev–Trinajstić information content (AvgIpc) is 3.58. The van der Waals surface area contributed by atoms with Crippen molar-refractivity contribution in [2.24, 2.45) is 0 Å². The van der Waals surface area contributed by atoms with E-state index in [9.17, 15) is 0 Å². The van der Waals surface area contributed by atoms with Crippen molar-refractivity contribution in [2.45, 2.75) is 64.2 Å². The van der Waals surface area contributed by atoms with Crippen molar-refractivity contribution in [2.75, 3.05) is 0 Å². The second-order valence-corrected chi connectivity index (χ2v) is 15.4. The molecule has 1 heterocycles. The van der Waals surface area contributed by atoms with Crippen LogP contribution >= 0.6 is 0 Å². The molecule has 3 aliphatic carbocycles. The van der Waals surface area contributed by atoms with Gasteiger partial charge in [0.1, 0.15) is 11.2 Å². The van der Waals surface area contributed by atoms with Crippen LogP contribution in [-0.2, 0) is 5.41 Å². The van der Waals surface area contributed by atoms with Crippen molar-refractivity contribution < 1.29 is 4.42 Å². The third-order valence-corrected chi connectivity index (χ3v) is 11.4. The summed E-state index contributed by atoms with van der Waals surface area (Å²) >= 11 is 0. The normalized spacial score (nSPS) is 20.1. The summed E-state index contributed by atoms with van der Waals surface area (Å²) in [6, 6.07) is 31.0. The number of allylic oxidation sites excluding steroid dienone is 13. The minimum atomic E-state index is -0.140. The molecule has 0 saturated heterocycles. The zero-order valence-corrected chi connectivity index (χ0v) is 31.3. The highest BCUT2D eigenvalue weighted by molar-refractivity contribution is 6.08. The Bertz CT molecular complexity index is 2600. The molecule has 1 aromatic heterocycles. The lowest BCUT2D eigenvalue weighted by atomic mass is 9.74. The molecule has 0 N–H and O–H groups in total. The average molecular weight is 689 g/mol. The van der Waals surface area contributed by atoms with Crippen molar-refractivity contribution in [1.82, 2.24) is 0 Å². The Morgan fingerprint density at radius 3 is 2.30 bits per heavy atom. The third kappa shape index (κ3) is 6.62. The van der Waals surface area contributed by atoms with Gasteiger partial charge in [0.15, 0.2) is 0 Å². The molecule has 0 saturated carbocycles. The predicted molar refractivity (Wildman–Crippen MR) is 227 cm³/mol. The van der Waals surface area contributed by atoms with Crippen LogP contribution in [0, 0.1) is 0 Å². The second-order valence-electron chi connectivity index (χ2n) is 15.4. The second kappa shape index (κ2) is 14.4. The lowest BCUT2D eigenvalue weighted by molar-refractivity contribution is 0.520. The molecule has 0 spiro atoms. The minimum absolute atomic E-state index is 0.140. The predicted octanol–water partition coefficient (Wildman–Crippen LogP) is 12.7. The standard InChI is InChI=1S/C52H48O/c1-35(38-19-9-8-10-20-38)29-30-36(2)40-21-11-6-7-12-23-43(45-25-14-13-24-44(40)45)39-33-48-41(31-32-47-46-26-16-18-28-50(46)53-51(47)48)37(3)42-22-15-17-27-49(42)52(4,5)34-39/h8-9,11-19,21-33,37H,1-2,6-7,10,20,34H2,3-5H3/b21-11?,23-12+,30-29-,39-33?,44-40?,45-43+. The first-order chi connectivity index (χ1) is 25.8. The summed E-state index contributed by atoms with van der Waals surface area (Å²) in [6.45, 7) is 16.2. The van der Waals surface area contributed by atoms with Gasteiger partial charge in [-0.1, -0.05) is 167 Å². The van der Waals surface area contributed by atoms with Crippen LogP contribution in [0.25, 0.3) is 39.2 Å². The van der Waals surface area contributed by atoms with Crippen LogP contribution in [0.3, 0.4) is 0 Å². The fraction of sp³-hybridized carbons (Fsp3) is 0.192. The van der Waals surface area contributed by atoms with Gasteiger partial charge in [-0.3, -0.25) is 0 Å². The van der Waals surface area contributed by atoms with E-state index in [1.807, 2.05) is 0 Å². The number of para-hydroxylation sites is 1. The minimum Gasteiger partial charge on any atom is -0.455 e. The van der Waals surface area contributed by atoms with Crippen LogP contribution in [0.4, 0.5) is 0 Å². The summed E-state index contributed by atoms with van der Waals surface area (Å²) < 4.78 is 6.78. The van der Waals surface area contributed by atoms with Gasteiger partial charge in [0.05, 0.1) is 0 Å². The van der Waals surface area contributed by atoms with Crippen LogP contribution < -0.4 is 10.4 Å². The Kier molecular flexibility index (Phi) is 9.35. The molecular weight excluding hydrogens is 641 g/mol. The highest BCUT2D eigenvalue weighted by Gasteiger charge is 2.31. The Morgan fingerprint density at radius 2 is 1.47 bits per heavy atom. The maximum atomic E-state index is 6.78. The van der Waals surface area contributed by atoms with Gasteiger partial charge in [-0.2, -0.15) is 0 Å². The van der Waals surface area contributed by atoms with Gasteiger partial charge in [0.2, 0.25) is 0 Å². The van der Waals surface area contributed by atoms with E-state index in [1.54, 1.807) is 0 Å². The number of furan rings is 1. The number of hydrogen-bond donors (Lipinski definition) is 0. The van der Waals surface area contributed by atoms with Gasteiger partial charge >= 0.3 is 0 Å². The lowest BCUT2D eigenvalue weighted by Gasteiger charge is -2.30. The van der Waals surface area contributed by atoms with Gasteiger partial charge in [0.25, 0.3) is 0 Å². The fourth-order valence-electron chi connectivity index (χ4n) is 8.53. The highest BCUT2D eigenvalue weighted by Crippen LogP contribution is 2.45. The van der Waals surface area contributed by atoms with Crippen LogP contribution in [0.5, 0.6) is 0 Å². The smallest absolute Gasteiger partial charge is 0.142 e. The Morgan fingerprint density at radius 1 is 0.736 bits per heavy atom. The van der Waals surface area contributed by atoms with Crippen molar-refractivity contribution in [3.05, 3.63) is 208 Å². The van der Waals surface area contributed by atoms with E-state index < -0.39 is 0 Å². The topological polar surface area (TPSA) is 13.1 Å². The molecular formula is C52H48O. The molecule has 262 valence electrons. The van der Waals surface area contributed by atoms with E-state index in [-0.39, 0.29) is 11.3 Å². The quantitative estimate of drug-likeness (QED) is 0.168. The molecule has 0 bridgehead atoms. The molecule has 0 radical (unpaired) electrons. The molecule has 1 heteroatoms. The van der Waals surface area contributed by atoms with Crippen LogP contribution in [0.1, 0.15) is 81.0 Å². The summed E-state index contributed by atoms with van der Waals surface area (Å²) in [6.07, 6.45) is 27.4. The number of rotatable bonds is 5. The third-order valence-electron chi connectivity index (χ3n) is 11.4. The highest BCUT2D eigenvalue weighted by atomic mass is 16.3. The van der Waals surface area contributed by atoms with E-state index in [1.165, 1.54) is 49.4 Å². The molecule has 5 aromatic rings. The number of fused-ring (bicyclic) bond motifs is 7. The summed E-state index contributed by atoms with van der Waals surface area (Å²) in [7, 11) is 0. The Balaban J connectivity index is 1.41. The lowest BCUT2D eigenvalue weighted by Crippen LogP contribution is -2.30. The largest absolute Gasteiger partial charge is 0.455 e. The van der Waals surface area contributed by atoms with Gasteiger partial charge in [-0.15, -0.1) is 0 Å². The zero-order valence-electron chi connectivity index (χ0n) is 31.3. The van der Waals surface area contributed by atoms with Crippen molar-refractivity contribution in [1.29, 1.82) is 0 Å². The molecule has 1 atom stereocenters. The Hall–Kier alpha value is -5.66. The SMILES string of the molecule is C=C(/C=C\C(=C)C1=c2cccc/c2=C(C2=Cc3c(ccc4c3oc3ccccc34)C(C)c3ccccc3C(C)(C)C2)/C=C/CCC=C1)C1=CC=CCC1. The summed E-state index contributed by atoms with van der Waals surface area (Å²) in [5.74, 6) is 0.181. The van der Waals surface area contributed by atoms with E-state index in [0.29, 0.717) is 0 Å². The van der Waals surface area contributed by atoms with Gasteiger partial charge in [0, 0.05) is 22.3 Å². The molecule has 1 unspecified atom stereocenters. The van der Waals surface area contributed by atoms with Gasteiger partial charge < -0.3 is 4.42 Å². The summed E-state index contributed by atoms with van der Waals surface area (Å²) in [5, 5.41) is 4.70. The molecule has 3 aliphatic rings. The number of hydrogen-bond acceptors (Lipinski definition) is 1. The van der Waals surface area contributed by atoms with E-state index in [0.717, 1.165) is 70.8 Å². The van der Waals surface area contributed by atoms with Gasteiger partial charge in [-0.05, 0) is 110 Å².